The van der Waals surface area contributed by atoms with E-state index in [0.717, 1.165) is 17.6 Å². The summed E-state index contributed by atoms with van der Waals surface area (Å²) in [6.45, 7) is 4.63. The Labute approximate surface area is 159 Å². The van der Waals surface area contributed by atoms with E-state index in [0.29, 0.717) is 5.92 Å². The van der Waals surface area contributed by atoms with E-state index in [1.807, 2.05) is 0 Å². The summed E-state index contributed by atoms with van der Waals surface area (Å²) in [5.74, 6) is 3.27. The van der Waals surface area contributed by atoms with Crippen LogP contribution in [-0.4, -0.2) is 7.11 Å². The molecule has 140 valence electrons. The van der Waals surface area contributed by atoms with Gasteiger partial charge >= 0.3 is 0 Å². The summed E-state index contributed by atoms with van der Waals surface area (Å²) in [7, 11) is 1.78. The second-order valence-electron chi connectivity index (χ2n) is 7.85. The van der Waals surface area contributed by atoms with Crippen LogP contribution in [-0.2, 0) is 6.42 Å². The maximum atomic E-state index is 5.51. The lowest BCUT2D eigenvalue weighted by Gasteiger charge is -2.35. The van der Waals surface area contributed by atoms with Gasteiger partial charge in [-0.25, -0.2) is 0 Å². The van der Waals surface area contributed by atoms with E-state index in [2.05, 4.69) is 62.4 Å². The van der Waals surface area contributed by atoms with Crippen molar-refractivity contribution in [3.8, 4) is 5.75 Å². The highest BCUT2D eigenvalue weighted by molar-refractivity contribution is 5.38. The van der Waals surface area contributed by atoms with Crippen molar-refractivity contribution in [2.24, 2.45) is 5.92 Å². The molecule has 1 nitrogen and oxygen atoms in total. The molecule has 1 saturated carbocycles. The van der Waals surface area contributed by atoms with Crippen molar-refractivity contribution < 1.29 is 4.74 Å². The molecule has 2 aromatic carbocycles. The average molecular weight is 351 g/mol. The number of benzene rings is 2. The lowest BCUT2D eigenvalue weighted by molar-refractivity contribution is 0.275. The number of rotatable bonds is 7. The summed E-state index contributed by atoms with van der Waals surface area (Å²) >= 11 is 0. The van der Waals surface area contributed by atoms with Crippen molar-refractivity contribution in [2.45, 2.75) is 70.6 Å². The fourth-order valence-electron chi connectivity index (χ4n) is 4.95. The predicted octanol–water partition coefficient (Wildman–Crippen LogP) is 7.12. The molecule has 1 heteroatoms. The second kappa shape index (κ2) is 9.26. The van der Waals surface area contributed by atoms with Crippen molar-refractivity contribution in [2.75, 3.05) is 7.11 Å². The van der Waals surface area contributed by atoms with Crippen molar-refractivity contribution in [3.63, 3.8) is 0 Å². The highest BCUT2D eigenvalue weighted by atomic mass is 16.5. The van der Waals surface area contributed by atoms with Crippen LogP contribution in [0.4, 0.5) is 0 Å². The molecule has 1 atom stereocenters. The van der Waals surface area contributed by atoms with Gasteiger partial charge in [0.1, 0.15) is 5.75 Å². The molecule has 0 amide bonds. The van der Waals surface area contributed by atoms with Gasteiger partial charge in [0.2, 0.25) is 0 Å². The van der Waals surface area contributed by atoms with Crippen LogP contribution >= 0.6 is 0 Å². The lowest BCUT2D eigenvalue weighted by atomic mass is 9.70. The van der Waals surface area contributed by atoms with Gasteiger partial charge in [0.05, 0.1) is 7.11 Å². The smallest absolute Gasteiger partial charge is 0.119 e. The molecular formula is C25H34O. The van der Waals surface area contributed by atoms with Crippen LogP contribution in [0.25, 0.3) is 0 Å². The monoisotopic (exact) mass is 350 g/mol. The topological polar surface area (TPSA) is 9.23 Å². The SMILES string of the molecule is CCCc1ccc(OC)cc1C1CCC(C(CC)c2ccccc2)CC1. The first-order valence-corrected chi connectivity index (χ1v) is 10.5. The molecule has 3 rings (SSSR count). The molecule has 0 aromatic heterocycles. The third kappa shape index (κ3) is 4.31. The van der Waals surface area contributed by atoms with E-state index in [1.54, 1.807) is 12.7 Å². The normalized spacial score (nSPS) is 21.3. The Morgan fingerprint density at radius 2 is 1.69 bits per heavy atom. The Morgan fingerprint density at radius 3 is 2.31 bits per heavy atom. The Bertz CT molecular complexity index is 668. The van der Waals surface area contributed by atoms with Gasteiger partial charge in [0, 0.05) is 0 Å². The van der Waals surface area contributed by atoms with Crippen LogP contribution in [0.1, 0.15) is 80.9 Å². The maximum absolute atomic E-state index is 5.51. The number of hydrogen-bond donors (Lipinski definition) is 0. The van der Waals surface area contributed by atoms with E-state index < -0.39 is 0 Å². The number of ether oxygens (including phenoxy) is 1. The first kappa shape index (κ1) is 19.0. The second-order valence-corrected chi connectivity index (χ2v) is 7.85. The third-order valence-corrected chi connectivity index (χ3v) is 6.32. The molecule has 1 unspecified atom stereocenters. The zero-order valence-corrected chi connectivity index (χ0v) is 16.7. The zero-order chi connectivity index (χ0) is 18.4. The van der Waals surface area contributed by atoms with Gasteiger partial charge in [-0.3, -0.25) is 0 Å². The molecule has 1 fully saturated rings. The molecule has 0 N–H and O–H groups in total. The van der Waals surface area contributed by atoms with Crippen LogP contribution in [0.2, 0.25) is 0 Å². The molecule has 26 heavy (non-hydrogen) atoms. The van der Waals surface area contributed by atoms with Crippen LogP contribution in [0.5, 0.6) is 5.75 Å². The van der Waals surface area contributed by atoms with Crippen molar-refractivity contribution in [3.05, 3.63) is 65.2 Å². The minimum atomic E-state index is 0.705. The maximum Gasteiger partial charge on any atom is 0.119 e. The fraction of sp³-hybridized carbons (Fsp3) is 0.520. The van der Waals surface area contributed by atoms with Gasteiger partial charge in [-0.2, -0.15) is 0 Å². The van der Waals surface area contributed by atoms with Gasteiger partial charge in [-0.05, 0) is 85.1 Å². The number of methoxy groups -OCH3 is 1. The highest BCUT2D eigenvalue weighted by Gasteiger charge is 2.29. The Morgan fingerprint density at radius 1 is 0.962 bits per heavy atom. The minimum absolute atomic E-state index is 0.705. The Kier molecular flexibility index (Phi) is 6.77. The van der Waals surface area contributed by atoms with Crippen LogP contribution in [0.3, 0.4) is 0 Å². The number of hydrogen-bond acceptors (Lipinski definition) is 1. The van der Waals surface area contributed by atoms with Crippen molar-refractivity contribution >= 4 is 0 Å². The zero-order valence-electron chi connectivity index (χ0n) is 16.7. The van der Waals surface area contributed by atoms with Crippen LogP contribution in [0.15, 0.2) is 48.5 Å². The summed E-state index contributed by atoms with van der Waals surface area (Å²) in [4.78, 5) is 0. The number of aryl methyl sites for hydroxylation is 1. The molecule has 0 saturated heterocycles. The van der Waals surface area contributed by atoms with Gasteiger partial charge in [0.15, 0.2) is 0 Å². The van der Waals surface area contributed by atoms with E-state index in [-0.39, 0.29) is 0 Å². The summed E-state index contributed by atoms with van der Waals surface area (Å²) in [5.41, 5.74) is 4.62. The van der Waals surface area contributed by atoms with E-state index >= 15 is 0 Å². The lowest BCUT2D eigenvalue weighted by Crippen LogP contribution is -2.20. The average Bonchev–Trinajstić information content (AvgIpc) is 2.70. The molecule has 0 bridgehead atoms. The highest BCUT2D eigenvalue weighted by Crippen LogP contribution is 2.44. The Balaban J connectivity index is 1.72. The first-order chi connectivity index (χ1) is 12.8. The van der Waals surface area contributed by atoms with Crippen molar-refractivity contribution in [1.29, 1.82) is 0 Å². The van der Waals surface area contributed by atoms with Gasteiger partial charge in [0.25, 0.3) is 0 Å². The van der Waals surface area contributed by atoms with Gasteiger partial charge < -0.3 is 4.74 Å². The molecule has 0 radical (unpaired) electrons. The molecule has 1 aliphatic carbocycles. The summed E-state index contributed by atoms with van der Waals surface area (Å²) in [5, 5.41) is 0. The van der Waals surface area contributed by atoms with Crippen molar-refractivity contribution in [1.82, 2.24) is 0 Å². The predicted molar refractivity (Wildman–Crippen MR) is 111 cm³/mol. The molecular weight excluding hydrogens is 316 g/mol. The fourth-order valence-corrected chi connectivity index (χ4v) is 4.95. The first-order valence-electron chi connectivity index (χ1n) is 10.5. The molecule has 1 aliphatic rings. The van der Waals surface area contributed by atoms with E-state index in [9.17, 15) is 0 Å². The summed E-state index contributed by atoms with van der Waals surface area (Å²) in [6, 6.07) is 17.9. The van der Waals surface area contributed by atoms with Gasteiger partial charge in [-0.15, -0.1) is 0 Å². The molecule has 0 spiro atoms. The molecule has 0 heterocycles. The van der Waals surface area contributed by atoms with Crippen LogP contribution in [0, 0.1) is 5.92 Å². The summed E-state index contributed by atoms with van der Waals surface area (Å²) < 4.78 is 5.51. The minimum Gasteiger partial charge on any atom is -0.497 e. The molecule has 2 aromatic rings. The molecule has 0 aliphatic heterocycles. The largest absolute Gasteiger partial charge is 0.497 e. The summed E-state index contributed by atoms with van der Waals surface area (Å²) in [6.07, 6.45) is 8.97. The van der Waals surface area contributed by atoms with Crippen LogP contribution < -0.4 is 4.74 Å². The standard InChI is InChI=1S/C25H34O/c1-4-9-19-16-17-23(26-3)18-25(19)22-14-12-21(13-15-22)24(5-2)20-10-7-6-8-11-20/h6-8,10-11,16-18,21-22,24H,4-5,9,12-15H2,1-3H3. The third-order valence-electron chi connectivity index (χ3n) is 6.32. The Hall–Kier alpha value is -1.76. The van der Waals surface area contributed by atoms with Gasteiger partial charge in [-0.1, -0.05) is 56.7 Å². The van der Waals surface area contributed by atoms with E-state index in [4.69, 9.17) is 4.74 Å². The quantitative estimate of drug-likeness (QED) is 0.517. The van der Waals surface area contributed by atoms with E-state index in [1.165, 1.54) is 56.1 Å².